The third-order valence-electron chi connectivity index (χ3n) is 1.94. The van der Waals surface area contributed by atoms with Crippen molar-refractivity contribution in [3.05, 3.63) is 39.8 Å². The number of rotatable bonds is 5. The number of hydrogen-bond acceptors (Lipinski definition) is 2. The molecule has 0 amide bonds. The van der Waals surface area contributed by atoms with Crippen molar-refractivity contribution in [2.45, 2.75) is 19.4 Å². The Morgan fingerprint density at radius 3 is 2.81 bits per heavy atom. The molecule has 0 fully saturated rings. The SMILES string of the molecule is C=C(Cl)COc1ccc(CC(C)N)cc1Br. The molecule has 0 spiro atoms. The van der Waals surface area contributed by atoms with Crippen molar-refractivity contribution >= 4 is 27.5 Å². The van der Waals surface area contributed by atoms with Crippen LogP contribution in [0.4, 0.5) is 0 Å². The molecule has 4 heteroatoms. The molecule has 2 nitrogen and oxygen atoms in total. The Hall–Kier alpha value is -0.510. The maximum atomic E-state index is 5.74. The summed E-state index contributed by atoms with van der Waals surface area (Å²) in [6.45, 7) is 5.86. The minimum absolute atomic E-state index is 0.154. The van der Waals surface area contributed by atoms with E-state index in [9.17, 15) is 0 Å². The first-order valence-corrected chi connectivity index (χ1v) is 6.16. The van der Waals surface area contributed by atoms with E-state index in [0.29, 0.717) is 11.6 Å². The van der Waals surface area contributed by atoms with Crippen LogP contribution < -0.4 is 10.5 Å². The molecule has 1 aromatic rings. The van der Waals surface area contributed by atoms with Crippen LogP contribution in [-0.2, 0) is 6.42 Å². The van der Waals surface area contributed by atoms with Gasteiger partial charge in [0.05, 0.1) is 4.47 Å². The highest BCUT2D eigenvalue weighted by atomic mass is 79.9. The van der Waals surface area contributed by atoms with Crippen LogP contribution in [0.15, 0.2) is 34.3 Å². The summed E-state index contributed by atoms with van der Waals surface area (Å²) in [4.78, 5) is 0. The first-order valence-electron chi connectivity index (χ1n) is 4.99. The van der Waals surface area contributed by atoms with Crippen LogP contribution in [0, 0.1) is 0 Å². The zero-order valence-electron chi connectivity index (χ0n) is 9.17. The van der Waals surface area contributed by atoms with Gasteiger partial charge in [0.15, 0.2) is 0 Å². The molecule has 0 radical (unpaired) electrons. The second-order valence-electron chi connectivity index (χ2n) is 3.75. The van der Waals surface area contributed by atoms with Crippen LogP contribution in [0.25, 0.3) is 0 Å². The number of nitrogens with two attached hydrogens (primary N) is 1. The van der Waals surface area contributed by atoms with Gasteiger partial charge < -0.3 is 10.5 Å². The molecule has 88 valence electrons. The van der Waals surface area contributed by atoms with Gasteiger partial charge in [-0.3, -0.25) is 0 Å². The van der Waals surface area contributed by atoms with E-state index in [1.54, 1.807) is 0 Å². The van der Waals surface area contributed by atoms with Crippen molar-refractivity contribution in [3.63, 3.8) is 0 Å². The highest BCUT2D eigenvalue weighted by molar-refractivity contribution is 9.10. The summed E-state index contributed by atoms with van der Waals surface area (Å²) in [7, 11) is 0. The first kappa shape index (κ1) is 13.6. The number of halogens is 2. The van der Waals surface area contributed by atoms with Crippen molar-refractivity contribution in [1.29, 1.82) is 0 Å². The molecule has 0 saturated carbocycles. The van der Waals surface area contributed by atoms with Gasteiger partial charge in [-0.25, -0.2) is 0 Å². The zero-order chi connectivity index (χ0) is 12.1. The molecule has 1 atom stereocenters. The Bertz CT molecular complexity index is 379. The summed E-state index contributed by atoms with van der Waals surface area (Å²) in [6.07, 6.45) is 0.848. The fourth-order valence-corrected chi connectivity index (χ4v) is 1.91. The Morgan fingerprint density at radius 1 is 1.62 bits per heavy atom. The normalized spacial score (nSPS) is 12.2. The number of ether oxygens (including phenoxy) is 1. The molecule has 0 aliphatic heterocycles. The lowest BCUT2D eigenvalue weighted by Gasteiger charge is -2.10. The van der Waals surface area contributed by atoms with E-state index in [4.69, 9.17) is 22.1 Å². The smallest absolute Gasteiger partial charge is 0.134 e. The largest absolute Gasteiger partial charge is 0.487 e. The van der Waals surface area contributed by atoms with E-state index in [1.165, 1.54) is 5.56 Å². The lowest BCUT2D eigenvalue weighted by molar-refractivity contribution is 0.357. The van der Waals surface area contributed by atoms with Gasteiger partial charge in [-0.05, 0) is 47.0 Å². The zero-order valence-corrected chi connectivity index (χ0v) is 11.5. The van der Waals surface area contributed by atoms with Crippen molar-refractivity contribution in [2.24, 2.45) is 5.73 Å². The molecule has 16 heavy (non-hydrogen) atoms. The van der Waals surface area contributed by atoms with E-state index in [2.05, 4.69) is 22.5 Å². The van der Waals surface area contributed by atoms with Gasteiger partial charge in [0.25, 0.3) is 0 Å². The van der Waals surface area contributed by atoms with Crippen molar-refractivity contribution < 1.29 is 4.74 Å². The molecule has 1 aromatic carbocycles. The molecule has 0 aromatic heterocycles. The van der Waals surface area contributed by atoms with Gasteiger partial charge in [-0.2, -0.15) is 0 Å². The fraction of sp³-hybridized carbons (Fsp3) is 0.333. The average molecular weight is 305 g/mol. The summed E-state index contributed by atoms with van der Waals surface area (Å²) < 4.78 is 6.35. The summed E-state index contributed by atoms with van der Waals surface area (Å²) in [5, 5.41) is 0.478. The third-order valence-corrected chi connectivity index (χ3v) is 2.67. The predicted octanol–water partition coefficient (Wildman–Crippen LogP) is 3.47. The maximum Gasteiger partial charge on any atom is 0.134 e. The van der Waals surface area contributed by atoms with Gasteiger partial charge in [-0.1, -0.05) is 24.2 Å². The van der Waals surface area contributed by atoms with Crippen LogP contribution in [0.3, 0.4) is 0 Å². The van der Waals surface area contributed by atoms with Crippen LogP contribution in [0.5, 0.6) is 5.75 Å². The van der Waals surface area contributed by atoms with Gasteiger partial charge in [-0.15, -0.1) is 0 Å². The minimum Gasteiger partial charge on any atom is -0.487 e. The van der Waals surface area contributed by atoms with Crippen molar-refractivity contribution in [2.75, 3.05) is 6.61 Å². The van der Waals surface area contributed by atoms with Gasteiger partial charge in [0, 0.05) is 11.1 Å². The molecular weight excluding hydrogens is 289 g/mol. The minimum atomic E-state index is 0.154. The number of hydrogen-bond donors (Lipinski definition) is 1. The quantitative estimate of drug-likeness (QED) is 0.904. The number of benzene rings is 1. The van der Waals surface area contributed by atoms with Crippen LogP contribution in [0.2, 0.25) is 0 Å². The van der Waals surface area contributed by atoms with Gasteiger partial charge in [0.2, 0.25) is 0 Å². The van der Waals surface area contributed by atoms with E-state index in [1.807, 2.05) is 25.1 Å². The van der Waals surface area contributed by atoms with Crippen molar-refractivity contribution in [3.8, 4) is 5.75 Å². The average Bonchev–Trinajstić information content (AvgIpc) is 2.15. The topological polar surface area (TPSA) is 35.2 Å². The van der Waals surface area contributed by atoms with Gasteiger partial charge >= 0.3 is 0 Å². The first-order chi connectivity index (χ1) is 7.49. The van der Waals surface area contributed by atoms with E-state index >= 15 is 0 Å². The Balaban J connectivity index is 2.71. The predicted molar refractivity (Wildman–Crippen MR) is 72.0 cm³/mol. The lowest BCUT2D eigenvalue weighted by Crippen LogP contribution is -2.17. The van der Waals surface area contributed by atoms with Crippen LogP contribution in [-0.4, -0.2) is 12.6 Å². The second kappa shape index (κ2) is 6.28. The van der Waals surface area contributed by atoms with Crippen LogP contribution >= 0.6 is 27.5 Å². The summed E-state index contributed by atoms with van der Waals surface area (Å²) in [5.41, 5.74) is 6.91. The molecule has 0 aliphatic rings. The molecule has 0 saturated heterocycles. The van der Waals surface area contributed by atoms with Crippen molar-refractivity contribution in [1.82, 2.24) is 0 Å². The maximum absolute atomic E-state index is 5.74. The molecular formula is C12H15BrClNO. The Labute approximate surface area is 110 Å². The lowest BCUT2D eigenvalue weighted by atomic mass is 10.1. The molecule has 0 aliphatic carbocycles. The summed E-state index contributed by atoms with van der Waals surface area (Å²) in [6, 6.07) is 6.07. The fourth-order valence-electron chi connectivity index (χ4n) is 1.32. The summed E-state index contributed by atoms with van der Waals surface area (Å²) >= 11 is 9.08. The standard InChI is InChI=1S/C12H15BrClNO/c1-8(14)7-16-12-4-3-10(5-9(2)15)6-11(12)13/h3-4,6,9H,1,5,7,15H2,2H3. The molecule has 2 N–H and O–H groups in total. The molecule has 1 rings (SSSR count). The molecule has 0 heterocycles. The second-order valence-corrected chi connectivity index (χ2v) is 5.14. The summed E-state index contributed by atoms with van der Waals surface area (Å²) in [5.74, 6) is 0.759. The van der Waals surface area contributed by atoms with Gasteiger partial charge in [0.1, 0.15) is 12.4 Å². The molecule has 0 bridgehead atoms. The van der Waals surface area contributed by atoms with E-state index in [0.717, 1.165) is 16.6 Å². The highest BCUT2D eigenvalue weighted by Crippen LogP contribution is 2.26. The Kier molecular flexibility index (Phi) is 5.32. The van der Waals surface area contributed by atoms with Crippen LogP contribution in [0.1, 0.15) is 12.5 Å². The van der Waals surface area contributed by atoms with E-state index in [-0.39, 0.29) is 6.04 Å². The monoisotopic (exact) mass is 303 g/mol. The highest BCUT2D eigenvalue weighted by Gasteiger charge is 2.04. The molecule has 1 unspecified atom stereocenters. The Morgan fingerprint density at radius 2 is 2.31 bits per heavy atom. The third kappa shape index (κ3) is 4.56. The van der Waals surface area contributed by atoms with E-state index < -0.39 is 0 Å².